The largest absolute Gasteiger partial charge is 2.00 e. The van der Waals surface area contributed by atoms with E-state index in [1.54, 1.807) is 27.7 Å². The molecule has 4 fully saturated rings. The molecule has 2 aromatic rings. The predicted octanol–water partition coefficient (Wildman–Crippen LogP) is 1.72. The van der Waals surface area contributed by atoms with Gasteiger partial charge >= 0.3 is 35.0 Å². The van der Waals surface area contributed by atoms with Crippen molar-refractivity contribution >= 4 is 58.7 Å². The Kier molecular flexibility index (Phi) is 19.5. The van der Waals surface area contributed by atoms with E-state index in [1.165, 1.54) is 9.80 Å². The number of fused-ring (bicyclic) bond motifs is 2. The number of hydrogen-bond donors (Lipinski definition) is 2. The van der Waals surface area contributed by atoms with Crippen LogP contribution in [0.15, 0.2) is 60.7 Å². The molecular formula is C46H62MgN4O10. The van der Waals surface area contributed by atoms with E-state index in [0.717, 1.165) is 49.7 Å². The van der Waals surface area contributed by atoms with Crippen LogP contribution in [-0.4, -0.2) is 130 Å². The van der Waals surface area contributed by atoms with Gasteiger partial charge in [-0.3, -0.25) is 29.8 Å². The second kappa shape index (κ2) is 24.0. The fraction of sp³-hybridized carbons (Fsp3) is 0.609. The number of carboxylic acids is 2. The van der Waals surface area contributed by atoms with Gasteiger partial charge in [0.15, 0.2) is 0 Å². The Labute approximate surface area is 376 Å². The number of nitrogens with zero attached hydrogens (tertiary/aromatic N) is 2. The quantitative estimate of drug-likeness (QED) is 0.163. The molecule has 10 atom stereocenters. The van der Waals surface area contributed by atoms with E-state index >= 15 is 0 Å². The molecule has 0 spiro atoms. The van der Waals surface area contributed by atoms with Gasteiger partial charge in [-0.1, -0.05) is 73.5 Å². The Hall–Kier alpha value is -4.05. The standard InChI is InChI=1S/2C23H32N2O5.Mg/c2*1-3-30-23(29)18(13-12-16-8-5-4-6-9-16)24-15(2)21(26)25-19-11-7-10-17(19)14-20(25)22(27)28;/h2*4-6,8-9,15,17-20,24H,3,7,10-14H2,1-2H3,(H,27,28);/q;;+2/p-2/t2*15-,17-,18-,19-,20-;/m00./s1. The maximum Gasteiger partial charge on any atom is 2.00 e. The van der Waals surface area contributed by atoms with Crippen molar-refractivity contribution in [3.05, 3.63) is 71.8 Å². The third-order valence-electron chi connectivity index (χ3n) is 12.6. The van der Waals surface area contributed by atoms with E-state index < -0.39 is 60.1 Å². The zero-order valence-electron chi connectivity index (χ0n) is 36.1. The van der Waals surface area contributed by atoms with Gasteiger partial charge in [0.05, 0.1) is 49.3 Å². The minimum atomic E-state index is -1.20. The zero-order valence-corrected chi connectivity index (χ0v) is 37.5. The SMILES string of the molecule is CCOC(=O)[C@H](CCc1ccccc1)N[C@@H](C)C(=O)N1[C@H](C(=O)[O-])C[C@@H]2CCC[C@@H]21.CCOC(=O)[C@H](CCc1ccccc1)N[C@@H](C)C(=O)N1[C@H](C(=O)[O-])C[C@@H]2CCC[C@@H]21.[Mg+2]. The molecule has 14 nitrogen and oxygen atoms in total. The number of hydrogen-bond acceptors (Lipinski definition) is 12. The fourth-order valence-corrected chi connectivity index (χ4v) is 9.76. The number of carbonyl (C=O) groups excluding carboxylic acids is 6. The second-order valence-corrected chi connectivity index (χ2v) is 16.6. The molecule has 2 aliphatic carbocycles. The van der Waals surface area contributed by atoms with Crippen LogP contribution in [0.1, 0.15) is 103 Å². The van der Waals surface area contributed by atoms with Crippen molar-refractivity contribution in [2.45, 2.75) is 153 Å². The van der Waals surface area contributed by atoms with Gasteiger partial charge in [-0.05, 0) is 115 Å². The number of carboxylic acid groups (broad SMARTS) is 2. The summed E-state index contributed by atoms with van der Waals surface area (Å²) in [5.74, 6) is -3.31. The van der Waals surface area contributed by atoms with Crippen molar-refractivity contribution in [2.75, 3.05) is 13.2 Å². The average Bonchev–Trinajstić information content (AvgIpc) is 4.04. The van der Waals surface area contributed by atoms with E-state index in [0.29, 0.717) is 38.5 Å². The molecule has 2 saturated heterocycles. The first-order valence-corrected chi connectivity index (χ1v) is 21.8. The third kappa shape index (κ3) is 13.0. The molecule has 328 valence electrons. The maximum absolute atomic E-state index is 13.2. The molecule has 2 amide bonds. The summed E-state index contributed by atoms with van der Waals surface area (Å²) in [5.41, 5.74) is 2.19. The van der Waals surface area contributed by atoms with E-state index in [-0.39, 0.29) is 72.0 Å². The van der Waals surface area contributed by atoms with Crippen molar-refractivity contribution in [2.24, 2.45) is 11.8 Å². The van der Waals surface area contributed by atoms with E-state index in [9.17, 15) is 39.0 Å². The Balaban J connectivity index is 0.000000264. The number of ether oxygens (including phenoxy) is 2. The maximum atomic E-state index is 13.2. The number of esters is 2. The first kappa shape index (κ1) is 49.6. The van der Waals surface area contributed by atoms with Gasteiger partial charge in [0, 0.05) is 12.1 Å². The van der Waals surface area contributed by atoms with Gasteiger partial charge in [-0.2, -0.15) is 0 Å². The molecule has 4 aliphatic rings. The Morgan fingerprint density at radius 1 is 0.623 bits per heavy atom. The van der Waals surface area contributed by atoms with Gasteiger partial charge in [-0.15, -0.1) is 0 Å². The van der Waals surface area contributed by atoms with Crippen LogP contribution < -0.4 is 20.8 Å². The number of benzene rings is 2. The summed E-state index contributed by atoms with van der Waals surface area (Å²) in [6.45, 7) is 7.38. The van der Waals surface area contributed by atoms with Crippen LogP contribution in [-0.2, 0) is 51.1 Å². The van der Waals surface area contributed by atoms with Crippen molar-refractivity contribution in [3.63, 3.8) is 0 Å². The topological polar surface area (TPSA) is 198 Å². The summed E-state index contributed by atoms with van der Waals surface area (Å²) >= 11 is 0. The summed E-state index contributed by atoms with van der Waals surface area (Å²) in [6.07, 6.45) is 8.75. The van der Waals surface area contributed by atoms with Crippen molar-refractivity contribution in [1.29, 1.82) is 0 Å². The summed E-state index contributed by atoms with van der Waals surface area (Å²) in [5, 5.41) is 29.5. The number of rotatable bonds is 18. The van der Waals surface area contributed by atoms with Gasteiger partial charge in [0.1, 0.15) is 12.1 Å². The number of carbonyl (C=O) groups is 6. The van der Waals surface area contributed by atoms with Crippen LogP contribution in [0.25, 0.3) is 0 Å². The number of aliphatic carboxylic acids is 2. The van der Waals surface area contributed by atoms with Crippen LogP contribution in [0.2, 0.25) is 0 Å². The van der Waals surface area contributed by atoms with E-state index in [1.807, 2.05) is 60.7 Å². The van der Waals surface area contributed by atoms with Crippen LogP contribution in [0.3, 0.4) is 0 Å². The zero-order chi connectivity index (χ0) is 43.3. The second-order valence-electron chi connectivity index (χ2n) is 16.6. The average molecular weight is 855 g/mol. The molecule has 2 aromatic carbocycles. The van der Waals surface area contributed by atoms with Crippen molar-refractivity contribution in [3.8, 4) is 0 Å². The third-order valence-corrected chi connectivity index (χ3v) is 12.6. The number of aryl methyl sites for hydroxylation is 2. The Bertz CT molecular complexity index is 1640. The van der Waals surface area contributed by atoms with Crippen LogP contribution >= 0.6 is 0 Å². The number of nitrogens with one attached hydrogen (secondary N) is 2. The van der Waals surface area contributed by atoms with Crippen LogP contribution in [0, 0.1) is 11.8 Å². The normalized spacial score (nSPS) is 24.5. The molecule has 0 bridgehead atoms. The monoisotopic (exact) mass is 854 g/mol. The number of likely N-dealkylation sites (tertiary alicyclic amines) is 2. The van der Waals surface area contributed by atoms with Gasteiger partial charge in [0.25, 0.3) is 0 Å². The van der Waals surface area contributed by atoms with Gasteiger partial charge in [0.2, 0.25) is 11.8 Å². The molecular weight excluding hydrogens is 793 g/mol. The summed E-state index contributed by atoms with van der Waals surface area (Å²) in [7, 11) is 0. The molecule has 2 heterocycles. The molecule has 61 heavy (non-hydrogen) atoms. The molecule has 2 saturated carbocycles. The molecule has 2 aliphatic heterocycles. The summed E-state index contributed by atoms with van der Waals surface area (Å²) in [4.78, 5) is 77.7. The smallest absolute Gasteiger partial charge is 0.548 e. The predicted molar refractivity (Wildman–Crippen MR) is 224 cm³/mol. The molecule has 0 aromatic heterocycles. The summed E-state index contributed by atoms with van der Waals surface area (Å²) in [6, 6.07) is 15.1. The van der Waals surface area contributed by atoms with Crippen molar-refractivity contribution in [1.82, 2.24) is 20.4 Å². The molecule has 0 unspecified atom stereocenters. The Morgan fingerprint density at radius 2 is 0.984 bits per heavy atom. The number of amides is 2. The summed E-state index contributed by atoms with van der Waals surface area (Å²) < 4.78 is 10.4. The minimum Gasteiger partial charge on any atom is -0.548 e. The molecule has 15 heteroatoms. The van der Waals surface area contributed by atoms with E-state index in [4.69, 9.17) is 9.47 Å². The van der Waals surface area contributed by atoms with Gasteiger partial charge < -0.3 is 39.1 Å². The van der Waals surface area contributed by atoms with Gasteiger partial charge in [-0.25, -0.2) is 0 Å². The van der Waals surface area contributed by atoms with Crippen LogP contribution in [0.4, 0.5) is 0 Å². The van der Waals surface area contributed by atoms with Crippen molar-refractivity contribution < 1.29 is 48.5 Å². The minimum absolute atomic E-state index is 0. The molecule has 6 rings (SSSR count). The first-order valence-electron chi connectivity index (χ1n) is 21.8. The Morgan fingerprint density at radius 3 is 1.31 bits per heavy atom. The van der Waals surface area contributed by atoms with Crippen LogP contribution in [0.5, 0.6) is 0 Å². The first-order chi connectivity index (χ1) is 28.8. The molecule has 0 radical (unpaired) electrons. The molecule has 2 N–H and O–H groups in total. The van der Waals surface area contributed by atoms with E-state index in [2.05, 4.69) is 10.6 Å². The fourth-order valence-electron chi connectivity index (χ4n) is 9.76.